The molecule has 0 amide bonds. The topological polar surface area (TPSA) is 52.2 Å². The lowest BCUT2D eigenvalue weighted by atomic mass is 9.94. The van der Waals surface area contributed by atoms with Crippen molar-refractivity contribution >= 4 is 0 Å². The molecule has 1 N–H and O–H groups in total. The van der Waals surface area contributed by atoms with Crippen LogP contribution in [0.4, 0.5) is 0 Å². The lowest BCUT2D eigenvalue weighted by Crippen LogP contribution is -2.41. The number of aryl methyl sites for hydroxylation is 1. The van der Waals surface area contributed by atoms with Crippen molar-refractivity contribution in [3.63, 3.8) is 0 Å². The summed E-state index contributed by atoms with van der Waals surface area (Å²) in [5.74, 6) is 1.48. The Hall–Kier alpha value is -1.98. The van der Waals surface area contributed by atoms with Crippen molar-refractivity contribution in [2.24, 2.45) is 5.92 Å². The van der Waals surface area contributed by atoms with Gasteiger partial charge in [-0.25, -0.2) is 4.98 Å². The van der Waals surface area contributed by atoms with E-state index in [1.54, 1.807) is 0 Å². The van der Waals surface area contributed by atoms with Gasteiger partial charge in [-0.1, -0.05) is 30.3 Å². The highest BCUT2D eigenvalue weighted by Gasteiger charge is 2.25. The molecule has 0 spiro atoms. The molecule has 1 saturated heterocycles. The highest BCUT2D eigenvalue weighted by Crippen LogP contribution is 2.22. The molecule has 2 aliphatic heterocycles. The molecule has 2 aromatic rings. The number of aromatic nitrogens is 2. The summed E-state index contributed by atoms with van der Waals surface area (Å²) in [6.07, 6.45) is 3.35. The molecule has 5 heteroatoms. The summed E-state index contributed by atoms with van der Waals surface area (Å²) in [5.41, 5.74) is 3.34. The van der Waals surface area contributed by atoms with Crippen LogP contribution in [0.3, 0.4) is 0 Å². The molecule has 0 unspecified atom stereocenters. The van der Waals surface area contributed by atoms with Crippen LogP contribution >= 0.6 is 0 Å². The maximum Gasteiger partial charge on any atom is 0.254 e. The normalized spacial score (nSPS) is 19.4. The molecule has 3 heterocycles. The van der Waals surface area contributed by atoms with Gasteiger partial charge in [-0.05, 0) is 50.8 Å². The number of fused-ring (bicyclic) bond motifs is 1. The molecule has 0 bridgehead atoms. The maximum absolute atomic E-state index is 12.0. The first-order valence-electron chi connectivity index (χ1n) is 9.74. The summed E-state index contributed by atoms with van der Waals surface area (Å²) in [4.78, 5) is 24.5. The second kappa shape index (κ2) is 7.72. The first-order valence-corrected chi connectivity index (χ1v) is 9.74. The van der Waals surface area contributed by atoms with E-state index in [9.17, 15) is 4.79 Å². The molecule has 4 rings (SSSR count). The van der Waals surface area contributed by atoms with Crippen LogP contribution < -0.4 is 5.56 Å². The van der Waals surface area contributed by atoms with Crippen LogP contribution in [0.2, 0.25) is 0 Å². The van der Waals surface area contributed by atoms with Crippen molar-refractivity contribution in [3.8, 4) is 0 Å². The Morgan fingerprint density at radius 1 is 1.12 bits per heavy atom. The molecule has 1 aromatic heterocycles. The Kier molecular flexibility index (Phi) is 5.18. The number of nitrogens with zero attached hydrogens (tertiary/aromatic N) is 3. The van der Waals surface area contributed by atoms with Gasteiger partial charge in [0.25, 0.3) is 5.56 Å². The molecular weight excluding hydrogens is 324 g/mol. The van der Waals surface area contributed by atoms with E-state index in [4.69, 9.17) is 0 Å². The molecule has 2 aliphatic rings. The quantitative estimate of drug-likeness (QED) is 0.918. The highest BCUT2D eigenvalue weighted by atomic mass is 16.1. The van der Waals surface area contributed by atoms with Crippen molar-refractivity contribution in [2.45, 2.75) is 39.3 Å². The molecule has 138 valence electrons. The molecule has 0 atom stereocenters. The molecule has 0 saturated carbocycles. The fourth-order valence-corrected chi connectivity index (χ4v) is 4.31. The van der Waals surface area contributed by atoms with Gasteiger partial charge >= 0.3 is 0 Å². The standard InChI is InChI=1S/C21H28N4O/c1-16-22-20-15-25(12-9-19(20)21(26)23-16)14-18-7-10-24(11-8-18)13-17-5-3-2-4-6-17/h2-6,18H,7-15H2,1H3,(H,22,23,26). The Balaban J connectivity index is 1.29. The number of likely N-dealkylation sites (tertiary alicyclic amines) is 1. The third-order valence-corrected chi connectivity index (χ3v) is 5.74. The fraction of sp³-hybridized carbons (Fsp3) is 0.524. The third kappa shape index (κ3) is 4.05. The van der Waals surface area contributed by atoms with E-state index < -0.39 is 0 Å². The van der Waals surface area contributed by atoms with Crippen LogP contribution in [0.5, 0.6) is 0 Å². The summed E-state index contributed by atoms with van der Waals surface area (Å²) in [6.45, 7) is 8.23. The van der Waals surface area contributed by atoms with Crippen LogP contribution in [-0.4, -0.2) is 45.9 Å². The van der Waals surface area contributed by atoms with Gasteiger partial charge in [-0.15, -0.1) is 0 Å². The van der Waals surface area contributed by atoms with Crippen LogP contribution in [0.25, 0.3) is 0 Å². The second-order valence-corrected chi connectivity index (χ2v) is 7.77. The minimum absolute atomic E-state index is 0.0568. The summed E-state index contributed by atoms with van der Waals surface area (Å²) in [7, 11) is 0. The van der Waals surface area contributed by atoms with E-state index in [1.807, 2.05) is 6.92 Å². The van der Waals surface area contributed by atoms with Crippen LogP contribution in [0.15, 0.2) is 35.1 Å². The van der Waals surface area contributed by atoms with Crippen molar-refractivity contribution in [1.82, 2.24) is 19.8 Å². The smallest absolute Gasteiger partial charge is 0.254 e. The largest absolute Gasteiger partial charge is 0.311 e. The molecule has 0 aliphatic carbocycles. The van der Waals surface area contributed by atoms with Crippen LogP contribution in [-0.2, 0) is 19.5 Å². The Labute approximate surface area is 155 Å². The summed E-state index contributed by atoms with van der Waals surface area (Å²) >= 11 is 0. The number of rotatable bonds is 4. The number of hydrogen-bond donors (Lipinski definition) is 1. The monoisotopic (exact) mass is 352 g/mol. The Morgan fingerprint density at radius 3 is 2.65 bits per heavy atom. The second-order valence-electron chi connectivity index (χ2n) is 7.77. The average molecular weight is 352 g/mol. The van der Waals surface area contributed by atoms with Crippen LogP contribution in [0, 0.1) is 12.8 Å². The van der Waals surface area contributed by atoms with Gasteiger partial charge < -0.3 is 4.98 Å². The van der Waals surface area contributed by atoms with Crippen molar-refractivity contribution in [3.05, 3.63) is 63.3 Å². The van der Waals surface area contributed by atoms with Crippen molar-refractivity contribution < 1.29 is 0 Å². The lowest BCUT2D eigenvalue weighted by Gasteiger charge is -2.36. The van der Waals surface area contributed by atoms with Crippen molar-refractivity contribution in [2.75, 3.05) is 26.2 Å². The molecule has 0 radical (unpaired) electrons. The van der Waals surface area contributed by atoms with Gasteiger partial charge in [0, 0.05) is 31.7 Å². The van der Waals surface area contributed by atoms with Gasteiger partial charge in [0.15, 0.2) is 0 Å². The zero-order chi connectivity index (χ0) is 17.9. The lowest BCUT2D eigenvalue weighted by molar-refractivity contribution is 0.131. The van der Waals surface area contributed by atoms with E-state index in [0.29, 0.717) is 0 Å². The average Bonchev–Trinajstić information content (AvgIpc) is 2.64. The summed E-state index contributed by atoms with van der Waals surface area (Å²) in [6, 6.07) is 10.8. The molecule has 5 nitrogen and oxygen atoms in total. The Morgan fingerprint density at radius 2 is 1.88 bits per heavy atom. The minimum Gasteiger partial charge on any atom is -0.311 e. The summed E-state index contributed by atoms with van der Waals surface area (Å²) in [5, 5.41) is 0. The van der Waals surface area contributed by atoms with Gasteiger partial charge in [0.05, 0.1) is 5.69 Å². The maximum atomic E-state index is 12.0. The van der Waals surface area contributed by atoms with E-state index in [1.165, 1.54) is 31.5 Å². The fourth-order valence-electron chi connectivity index (χ4n) is 4.31. The van der Waals surface area contributed by atoms with E-state index >= 15 is 0 Å². The van der Waals surface area contributed by atoms with Gasteiger partial charge in [0.1, 0.15) is 5.82 Å². The van der Waals surface area contributed by atoms with Crippen LogP contribution in [0.1, 0.15) is 35.5 Å². The first kappa shape index (κ1) is 17.4. The Bertz CT molecular complexity index is 793. The number of piperidine rings is 1. The van der Waals surface area contributed by atoms with E-state index in [-0.39, 0.29) is 5.56 Å². The molecular formula is C21H28N4O. The predicted octanol–water partition coefficient (Wildman–Crippen LogP) is 2.35. The molecule has 1 aromatic carbocycles. The number of benzene rings is 1. The number of aromatic amines is 1. The van der Waals surface area contributed by atoms with E-state index in [2.05, 4.69) is 50.1 Å². The molecule has 26 heavy (non-hydrogen) atoms. The minimum atomic E-state index is 0.0568. The SMILES string of the molecule is Cc1nc2c(c(=O)[nH]1)CCN(CC1CCN(Cc3ccccc3)CC1)C2. The zero-order valence-corrected chi connectivity index (χ0v) is 15.6. The number of H-pyrrole nitrogens is 1. The van der Waals surface area contributed by atoms with Gasteiger partial charge in [-0.2, -0.15) is 0 Å². The zero-order valence-electron chi connectivity index (χ0n) is 15.6. The van der Waals surface area contributed by atoms with Gasteiger partial charge in [0.2, 0.25) is 0 Å². The predicted molar refractivity (Wildman–Crippen MR) is 103 cm³/mol. The summed E-state index contributed by atoms with van der Waals surface area (Å²) < 4.78 is 0. The van der Waals surface area contributed by atoms with E-state index in [0.717, 1.165) is 55.6 Å². The first-order chi connectivity index (χ1) is 12.7. The number of hydrogen-bond acceptors (Lipinski definition) is 4. The van der Waals surface area contributed by atoms with Crippen molar-refractivity contribution in [1.29, 1.82) is 0 Å². The molecule has 1 fully saturated rings. The third-order valence-electron chi connectivity index (χ3n) is 5.74. The van der Waals surface area contributed by atoms with Gasteiger partial charge in [-0.3, -0.25) is 14.6 Å². The highest BCUT2D eigenvalue weighted by molar-refractivity contribution is 5.20. The number of nitrogens with one attached hydrogen (secondary N) is 1.